The first-order valence-electron chi connectivity index (χ1n) is 34.9. The molecule has 516 valence electrons. The minimum Gasteiger partial charge on any atom is -0.497 e. The zero-order valence-electron chi connectivity index (χ0n) is 57.8. The van der Waals surface area contributed by atoms with E-state index >= 15 is 0 Å². The molecular formula is C72H125N11O8. The number of ether oxygens (including phenoxy) is 8. The number of benzene rings is 4. The normalized spacial score (nSPS) is 11.4. The van der Waals surface area contributed by atoms with Crippen LogP contribution in [0.1, 0.15) is 169 Å². The summed E-state index contributed by atoms with van der Waals surface area (Å²) < 4.78 is 49.7. The van der Waals surface area contributed by atoms with E-state index in [1.165, 1.54) is 0 Å². The third kappa shape index (κ3) is 32.0. The minimum atomic E-state index is 0.580. The third-order valence-electron chi connectivity index (χ3n) is 15.8. The molecule has 0 radical (unpaired) electrons. The highest BCUT2D eigenvalue weighted by atomic mass is 16.5. The SMILES string of the molecule is CCCCNCc1cc(OC)cc(CNCCCNCCCN)c1OCCCCOc1c(CNCCCC)cc(OC)cc1CNCCCNCCCNCc1cc(OC)cc(CNCCCC)c1OCCCCOc1c(CC)cc(OC)cc1CNCCCN. The standard InChI is InChI=1S/C72H125N11O8/c1-9-13-27-77-51-59-44-67(86-7)48-63(70(59)89-39-17-16-38-88-69-57(12-4)42-65(84-5)43-58(69)50-80-31-21-26-74)55-82-36-23-33-76-34-24-37-83-56-64-49-68(87-8)46-61(53-79-29-15-11-3)72(64)91-41-19-18-40-90-71-60(52-78-28-14-10-2)45-66(85-6)47-62(71)54-81-35-22-32-75-30-20-25-73/h42-49,75-83H,9-41,50-56,73-74H2,1-8H3. The van der Waals surface area contributed by atoms with Crippen molar-refractivity contribution in [2.24, 2.45) is 11.5 Å². The van der Waals surface area contributed by atoms with Gasteiger partial charge in [-0.1, -0.05) is 47.0 Å². The highest BCUT2D eigenvalue weighted by Crippen LogP contribution is 2.34. The molecule has 0 bridgehead atoms. The van der Waals surface area contributed by atoms with Crippen molar-refractivity contribution >= 4 is 0 Å². The Kier molecular flexibility index (Phi) is 44.1. The van der Waals surface area contributed by atoms with Crippen molar-refractivity contribution in [3.05, 3.63) is 93.0 Å². The van der Waals surface area contributed by atoms with Gasteiger partial charge in [0.1, 0.15) is 46.0 Å². The van der Waals surface area contributed by atoms with Crippen LogP contribution in [0.25, 0.3) is 0 Å². The maximum Gasteiger partial charge on any atom is 0.128 e. The Morgan fingerprint density at radius 1 is 0.264 bits per heavy atom. The molecular weight excluding hydrogens is 1150 g/mol. The minimum absolute atomic E-state index is 0.580. The number of nitrogens with two attached hydrogens (primary N) is 2. The van der Waals surface area contributed by atoms with Gasteiger partial charge in [0.15, 0.2) is 0 Å². The molecule has 4 aromatic carbocycles. The van der Waals surface area contributed by atoms with Gasteiger partial charge in [0, 0.05) is 84.8 Å². The second-order valence-electron chi connectivity index (χ2n) is 23.4. The van der Waals surface area contributed by atoms with Crippen molar-refractivity contribution < 1.29 is 37.9 Å². The molecule has 0 aliphatic rings. The molecule has 13 N–H and O–H groups in total. The van der Waals surface area contributed by atoms with Crippen LogP contribution in [0.3, 0.4) is 0 Å². The molecule has 4 rings (SSSR count). The van der Waals surface area contributed by atoms with Crippen molar-refractivity contribution in [1.29, 1.82) is 0 Å². The van der Waals surface area contributed by atoms with Crippen LogP contribution < -0.4 is 97.2 Å². The van der Waals surface area contributed by atoms with Crippen LogP contribution >= 0.6 is 0 Å². The zero-order valence-corrected chi connectivity index (χ0v) is 57.8. The number of aryl methyl sites for hydroxylation is 1. The lowest BCUT2D eigenvalue weighted by Gasteiger charge is -2.20. The fraction of sp³-hybridized carbons (Fsp3) is 0.667. The fourth-order valence-electron chi connectivity index (χ4n) is 10.6. The number of hydrogen-bond acceptors (Lipinski definition) is 19. The topological polar surface area (TPSA) is 234 Å². The highest BCUT2D eigenvalue weighted by Gasteiger charge is 2.18. The largest absolute Gasteiger partial charge is 0.497 e. The maximum absolute atomic E-state index is 6.74. The van der Waals surface area contributed by atoms with E-state index in [4.69, 9.17) is 49.4 Å². The van der Waals surface area contributed by atoms with Crippen LogP contribution in [0, 0.1) is 0 Å². The van der Waals surface area contributed by atoms with E-state index in [1.807, 2.05) is 0 Å². The first-order valence-corrected chi connectivity index (χ1v) is 34.9. The first kappa shape index (κ1) is 78.3. The second kappa shape index (κ2) is 51.3. The summed E-state index contributed by atoms with van der Waals surface area (Å²) in [5.74, 6) is 7.13. The van der Waals surface area contributed by atoms with Crippen molar-refractivity contribution in [2.75, 3.05) is 140 Å². The van der Waals surface area contributed by atoms with Gasteiger partial charge in [0.2, 0.25) is 0 Å². The van der Waals surface area contributed by atoms with Crippen LogP contribution in [0.5, 0.6) is 46.0 Å². The van der Waals surface area contributed by atoms with Gasteiger partial charge in [-0.25, -0.2) is 0 Å². The highest BCUT2D eigenvalue weighted by molar-refractivity contribution is 5.50. The Hall–Kier alpha value is -5.16. The Morgan fingerprint density at radius 2 is 0.473 bits per heavy atom. The quantitative estimate of drug-likeness (QED) is 0.0185. The average molecular weight is 1270 g/mol. The van der Waals surface area contributed by atoms with Gasteiger partial charge in [-0.05, 0) is 223 Å². The molecule has 0 aromatic heterocycles. The molecule has 91 heavy (non-hydrogen) atoms. The van der Waals surface area contributed by atoms with E-state index in [-0.39, 0.29) is 0 Å². The van der Waals surface area contributed by atoms with Crippen LogP contribution in [-0.4, -0.2) is 140 Å². The lowest BCUT2D eigenvalue weighted by atomic mass is 10.1. The molecule has 19 nitrogen and oxygen atoms in total. The lowest BCUT2D eigenvalue weighted by molar-refractivity contribution is 0.259. The first-order chi connectivity index (χ1) is 44.8. The number of nitrogens with one attached hydrogen (secondary N) is 9. The van der Waals surface area contributed by atoms with E-state index in [1.54, 1.807) is 28.4 Å². The molecule has 0 unspecified atom stereocenters. The zero-order chi connectivity index (χ0) is 65.2. The smallest absolute Gasteiger partial charge is 0.128 e. The summed E-state index contributed by atoms with van der Waals surface area (Å²) in [4.78, 5) is 0. The number of hydrogen-bond donors (Lipinski definition) is 11. The second-order valence-corrected chi connectivity index (χ2v) is 23.4. The maximum atomic E-state index is 6.74. The lowest BCUT2D eigenvalue weighted by Crippen LogP contribution is -2.25. The van der Waals surface area contributed by atoms with Gasteiger partial charge < -0.3 is 97.2 Å². The third-order valence-corrected chi connectivity index (χ3v) is 15.8. The van der Waals surface area contributed by atoms with Crippen molar-refractivity contribution in [3.63, 3.8) is 0 Å². The van der Waals surface area contributed by atoms with Crippen LogP contribution in [-0.2, 0) is 52.2 Å². The van der Waals surface area contributed by atoms with E-state index < -0.39 is 0 Å². The number of methoxy groups -OCH3 is 4. The Labute approximate surface area is 550 Å². The summed E-state index contributed by atoms with van der Waals surface area (Å²) in [5, 5.41) is 32.7. The molecule has 0 spiro atoms. The molecule has 0 atom stereocenters. The Balaban J connectivity index is 1.27. The van der Waals surface area contributed by atoms with Crippen molar-refractivity contribution in [1.82, 2.24) is 47.9 Å². The molecule has 0 aliphatic carbocycles. The Bertz CT molecular complexity index is 2490. The molecule has 0 saturated heterocycles. The van der Waals surface area contributed by atoms with E-state index in [2.05, 4.69) is 124 Å². The van der Waals surface area contributed by atoms with Gasteiger partial charge >= 0.3 is 0 Å². The summed E-state index contributed by atoms with van der Waals surface area (Å²) in [6.45, 7) is 27.6. The predicted octanol–water partition coefficient (Wildman–Crippen LogP) is 9.53. The summed E-state index contributed by atoms with van der Waals surface area (Å²) in [7, 11) is 6.93. The average Bonchev–Trinajstić information content (AvgIpc) is 1.52. The van der Waals surface area contributed by atoms with E-state index in [9.17, 15) is 0 Å². The van der Waals surface area contributed by atoms with E-state index in [0.717, 1.165) is 272 Å². The molecule has 0 saturated carbocycles. The molecule has 0 aliphatic heterocycles. The van der Waals surface area contributed by atoms with Crippen LogP contribution in [0.2, 0.25) is 0 Å². The van der Waals surface area contributed by atoms with Gasteiger partial charge in [-0.15, -0.1) is 0 Å². The van der Waals surface area contributed by atoms with Gasteiger partial charge in [-0.2, -0.15) is 0 Å². The van der Waals surface area contributed by atoms with Crippen LogP contribution in [0.15, 0.2) is 48.5 Å². The molecule has 4 aromatic rings. The fourth-order valence-corrected chi connectivity index (χ4v) is 10.6. The summed E-state index contributed by atoms with van der Waals surface area (Å²) in [6, 6.07) is 16.9. The number of rotatable bonds is 60. The molecule has 0 heterocycles. The summed E-state index contributed by atoms with van der Waals surface area (Å²) >= 11 is 0. The molecule has 0 fully saturated rings. The monoisotopic (exact) mass is 1270 g/mol. The van der Waals surface area contributed by atoms with Crippen LogP contribution in [0.4, 0.5) is 0 Å². The van der Waals surface area contributed by atoms with Crippen molar-refractivity contribution in [3.8, 4) is 46.0 Å². The Morgan fingerprint density at radius 3 is 0.703 bits per heavy atom. The predicted molar refractivity (Wildman–Crippen MR) is 375 cm³/mol. The van der Waals surface area contributed by atoms with Gasteiger partial charge in [0.25, 0.3) is 0 Å². The molecule has 0 amide bonds. The summed E-state index contributed by atoms with van der Waals surface area (Å²) in [6.07, 6.45) is 16.0. The van der Waals surface area contributed by atoms with Gasteiger partial charge in [0.05, 0.1) is 54.9 Å². The van der Waals surface area contributed by atoms with E-state index in [0.29, 0.717) is 78.8 Å². The summed E-state index contributed by atoms with van der Waals surface area (Å²) in [5.41, 5.74) is 20.3. The van der Waals surface area contributed by atoms with Crippen molar-refractivity contribution in [2.45, 2.75) is 176 Å². The molecule has 19 heteroatoms. The number of unbranched alkanes of at least 4 members (excludes halogenated alkanes) is 5. The van der Waals surface area contributed by atoms with Gasteiger partial charge in [-0.3, -0.25) is 0 Å².